The summed E-state index contributed by atoms with van der Waals surface area (Å²) >= 11 is 16.4. The normalized spacial score (nSPS) is 15.7. The van der Waals surface area contributed by atoms with E-state index in [0.717, 1.165) is 6.42 Å². The molecule has 0 aromatic carbocycles. The van der Waals surface area contributed by atoms with E-state index in [-0.39, 0.29) is 6.10 Å². The monoisotopic (exact) mass is 206 g/mol. The Balaban J connectivity index is 3.47. The van der Waals surface area contributed by atoms with E-state index in [1.165, 1.54) is 0 Å². The van der Waals surface area contributed by atoms with Gasteiger partial charge in [-0.1, -0.05) is 40.2 Å². The number of hydrogen-bond acceptors (Lipinski definition) is 1. The van der Waals surface area contributed by atoms with E-state index in [2.05, 4.69) is 0 Å². The van der Waals surface area contributed by atoms with Gasteiger partial charge in [0.2, 0.25) is 0 Å². The maximum atomic E-state index is 5.45. The first-order chi connectivity index (χ1) is 3.95. The smallest absolute Gasteiger partial charge is 0.378 e. The lowest BCUT2D eigenvalue weighted by Gasteiger charge is -2.14. The van der Waals surface area contributed by atoms with Crippen molar-refractivity contribution in [1.29, 1.82) is 0 Å². The Morgan fingerprint density at radius 1 is 1.44 bits per heavy atom. The third-order valence-electron chi connectivity index (χ3n) is 0.910. The quantitative estimate of drug-likeness (QED) is 0.511. The molecule has 0 fully saturated rings. The van der Waals surface area contributed by atoms with Crippen molar-refractivity contribution in [3.05, 3.63) is 0 Å². The van der Waals surface area contributed by atoms with Crippen molar-refractivity contribution in [2.45, 2.75) is 26.4 Å². The van der Waals surface area contributed by atoms with Gasteiger partial charge >= 0.3 is 6.25 Å². The van der Waals surface area contributed by atoms with Crippen LogP contribution >= 0.6 is 33.2 Å². The topological polar surface area (TPSA) is 9.23 Å². The van der Waals surface area contributed by atoms with Gasteiger partial charge in [-0.2, -0.15) is 0 Å². The van der Waals surface area contributed by atoms with E-state index in [4.69, 9.17) is 37.7 Å². The molecule has 0 heterocycles. The highest BCUT2D eigenvalue weighted by atomic mass is 35.8. The molecule has 0 aliphatic heterocycles. The predicted molar refractivity (Wildman–Crippen MR) is 44.2 cm³/mol. The van der Waals surface area contributed by atoms with Crippen LogP contribution in [0.3, 0.4) is 0 Å². The minimum absolute atomic E-state index is 0.0594. The highest BCUT2D eigenvalue weighted by Crippen LogP contribution is 2.23. The predicted octanol–water partition coefficient (Wildman–Crippen LogP) is 2.95. The van der Waals surface area contributed by atoms with Gasteiger partial charge in [0.15, 0.2) is 0 Å². The second-order valence-electron chi connectivity index (χ2n) is 1.78. The van der Waals surface area contributed by atoms with Crippen LogP contribution < -0.4 is 0 Å². The molecule has 0 amide bonds. The van der Waals surface area contributed by atoms with Gasteiger partial charge in [-0.3, -0.25) is 0 Å². The van der Waals surface area contributed by atoms with E-state index in [0.29, 0.717) is 0 Å². The van der Waals surface area contributed by atoms with Crippen molar-refractivity contribution < 1.29 is 4.43 Å². The summed E-state index contributed by atoms with van der Waals surface area (Å²) in [5.74, 6) is 0. The zero-order chi connectivity index (χ0) is 7.49. The molecule has 56 valence electrons. The van der Waals surface area contributed by atoms with Crippen LogP contribution in [0.5, 0.6) is 0 Å². The minimum atomic E-state index is -2.82. The van der Waals surface area contributed by atoms with E-state index in [1.807, 2.05) is 13.8 Å². The van der Waals surface area contributed by atoms with Gasteiger partial charge in [-0.05, 0) is 13.3 Å². The largest absolute Gasteiger partial charge is 0.494 e. The van der Waals surface area contributed by atoms with Crippen molar-refractivity contribution in [3.63, 3.8) is 0 Å². The molecule has 0 saturated heterocycles. The SMILES string of the molecule is CCC(C)O[Si](Cl)(Cl)Cl. The molecule has 1 unspecified atom stereocenters. The molecule has 0 rings (SSSR count). The third kappa shape index (κ3) is 6.94. The fourth-order valence-electron chi connectivity index (χ4n) is 0.311. The lowest BCUT2D eigenvalue weighted by Crippen LogP contribution is -2.22. The molecule has 0 aliphatic rings. The number of hydrogen-bond donors (Lipinski definition) is 0. The zero-order valence-electron chi connectivity index (χ0n) is 5.33. The maximum Gasteiger partial charge on any atom is 0.494 e. The fourth-order valence-corrected chi connectivity index (χ4v) is 2.30. The Morgan fingerprint density at radius 2 is 1.89 bits per heavy atom. The van der Waals surface area contributed by atoms with Crippen LogP contribution in [0, 0.1) is 0 Å². The Kier molecular flexibility index (Phi) is 4.51. The van der Waals surface area contributed by atoms with Gasteiger partial charge in [-0.15, -0.1) is 0 Å². The Labute approximate surface area is 70.5 Å². The second-order valence-corrected chi connectivity index (χ2v) is 9.44. The molecule has 1 nitrogen and oxygen atoms in total. The van der Waals surface area contributed by atoms with Crippen molar-refractivity contribution in [2.24, 2.45) is 0 Å². The van der Waals surface area contributed by atoms with Crippen molar-refractivity contribution in [2.75, 3.05) is 0 Å². The Bertz CT molecular complexity index is 82.4. The van der Waals surface area contributed by atoms with E-state index in [1.54, 1.807) is 0 Å². The molecule has 5 heteroatoms. The van der Waals surface area contributed by atoms with Gasteiger partial charge < -0.3 is 4.43 Å². The molecule has 0 N–H and O–H groups in total. The van der Waals surface area contributed by atoms with Crippen LogP contribution in [-0.4, -0.2) is 12.4 Å². The molecular weight excluding hydrogens is 198 g/mol. The zero-order valence-corrected chi connectivity index (χ0v) is 8.59. The molecule has 9 heavy (non-hydrogen) atoms. The van der Waals surface area contributed by atoms with Crippen LogP contribution in [0.15, 0.2) is 0 Å². The van der Waals surface area contributed by atoms with E-state index >= 15 is 0 Å². The molecular formula is C4H9Cl3OSi. The molecule has 0 aromatic heterocycles. The maximum absolute atomic E-state index is 5.45. The van der Waals surface area contributed by atoms with Crippen molar-refractivity contribution in [3.8, 4) is 0 Å². The van der Waals surface area contributed by atoms with E-state index < -0.39 is 6.25 Å². The summed E-state index contributed by atoms with van der Waals surface area (Å²) in [7, 11) is 0. The summed E-state index contributed by atoms with van der Waals surface area (Å²) in [6, 6.07) is 0. The first kappa shape index (κ1) is 10.0. The fraction of sp³-hybridized carbons (Fsp3) is 1.00. The third-order valence-corrected chi connectivity index (χ3v) is 2.38. The van der Waals surface area contributed by atoms with Crippen LogP contribution in [0.1, 0.15) is 20.3 Å². The molecule has 0 aliphatic carbocycles. The van der Waals surface area contributed by atoms with Crippen LogP contribution in [-0.2, 0) is 4.43 Å². The summed E-state index contributed by atoms with van der Waals surface area (Å²) in [5.41, 5.74) is 0. The highest BCUT2D eigenvalue weighted by molar-refractivity contribution is 7.62. The van der Waals surface area contributed by atoms with Gasteiger partial charge in [0, 0.05) is 6.10 Å². The summed E-state index contributed by atoms with van der Waals surface area (Å²) in [6.45, 7) is 3.87. The molecule has 0 radical (unpaired) electrons. The highest BCUT2D eigenvalue weighted by Gasteiger charge is 2.29. The van der Waals surface area contributed by atoms with E-state index in [9.17, 15) is 0 Å². The molecule has 1 atom stereocenters. The van der Waals surface area contributed by atoms with Crippen molar-refractivity contribution >= 4 is 39.5 Å². The van der Waals surface area contributed by atoms with Crippen LogP contribution in [0.2, 0.25) is 0 Å². The number of halogens is 3. The number of rotatable bonds is 3. The first-order valence-corrected chi connectivity index (χ1v) is 7.64. The lowest BCUT2D eigenvalue weighted by molar-refractivity contribution is 0.228. The van der Waals surface area contributed by atoms with Crippen molar-refractivity contribution in [1.82, 2.24) is 0 Å². The molecule has 0 spiro atoms. The van der Waals surface area contributed by atoms with Gasteiger partial charge in [0.25, 0.3) is 0 Å². The summed E-state index contributed by atoms with van der Waals surface area (Å²) < 4.78 is 5.02. The molecule has 0 saturated carbocycles. The summed E-state index contributed by atoms with van der Waals surface area (Å²) in [6.07, 6.45) is -1.89. The first-order valence-electron chi connectivity index (χ1n) is 2.70. The standard InChI is InChI=1S/C4H9Cl3OSi/c1-3-4(2)8-9(5,6)7/h4H,3H2,1-2H3. The molecule has 0 bridgehead atoms. The lowest BCUT2D eigenvalue weighted by atomic mass is 10.3. The molecule has 0 aromatic rings. The summed E-state index contributed by atoms with van der Waals surface area (Å²) in [4.78, 5) is 0. The van der Waals surface area contributed by atoms with Crippen LogP contribution in [0.4, 0.5) is 0 Å². The minimum Gasteiger partial charge on any atom is -0.378 e. The Hall–Kier alpha value is 1.05. The average molecular weight is 208 g/mol. The second kappa shape index (κ2) is 4.04. The average Bonchev–Trinajstić information content (AvgIpc) is 1.62. The Morgan fingerprint density at radius 3 is 2.00 bits per heavy atom. The van der Waals surface area contributed by atoms with Gasteiger partial charge in [-0.25, -0.2) is 0 Å². The van der Waals surface area contributed by atoms with Gasteiger partial charge in [0.1, 0.15) is 0 Å². The summed E-state index contributed by atoms with van der Waals surface area (Å²) in [5, 5.41) is 0. The van der Waals surface area contributed by atoms with Gasteiger partial charge in [0.05, 0.1) is 0 Å². The van der Waals surface area contributed by atoms with Crippen LogP contribution in [0.25, 0.3) is 0 Å².